The van der Waals surface area contributed by atoms with Gasteiger partial charge < -0.3 is 10.2 Å². The third kappa shape index (κ3) is 4.82. The Labute approximate surface area is 174 Å². The van der Waals surface area contributed by atoms with E-state index in [4.69, 9.17) is 0 Å². The lowest BCUT2D eigenvalue weighted by Crippen LogP contribution is -2.31. The highest BCUT2D eigenvalue weighted by Crippen LogP contribution is 2.37. The van der Waals surface area contributed by atoms with Crippen molar-refractivity contribution in [3.63, 3.8) is 0 Å². The number of halogens is 3. The van der Waals surface area contributed by atoms with E-state index in [2.05, 4.69) is 18.0 Å². The van der Waals surface area contributed by atoms with Crippen LogP contribution >= 0.6 is 0 Å². The Balaban J connectivity index is 1.98. The van der Waals surface area contributed by atoms with Gasteiger partial charge in [0, 0.05) is 18.7 Å². The Bertz CT molecular complexity index is 1010. The van der Waals surface area contributed by atoms with Gasteiger partial charge in [0.1, 0.15) is 0 Å². The molecule has 2 aromatic rings. The summed E-state index contributed by atoms with van der Waals surface area (Å²) in [6.07, 6.45) is 2.52. The number of nitrogens with one attached hydrogen (secondary N) is 1. The molecular weight excluding hydrogens is 389 g/mol. The fraction of sp³-hybridized carbons (Fsp3) is 0.208. The second-order valence-electron chi connectivity index (χ2n) is 6.98. The SMILES string of the molecule is C=C/C=C(\C=C/C)C(=O)Nc1cc(C(F)(F)F)ccc1N1CCc2ccccc2C1. The van der Waals surface area contributed by atoms with Crippen LogP contribution in [0.2, 0.25) is 0 Å². The van der Waals surface area contributed by atoms with E-state index in [1.54, 1.807) is 19.1 Å². The Kier molecular flexibility index (Phi) is 6.45. The van der Waals surface area contributed by atoms with Crippen LogP contribution in [-0.2, 0) is 23.9 Å². The number of hydrogen-bond donors (Lipinski definition) is 1. The van der Waals surface area contributed by atoms with Gasteiger partial charge in [-0.15, -0.1) is 0 Å². The third-order valence-corrected chi connectivity index (χ3v) is 4.95. The van der Waals surface area contributed by atoms with Gasteiger partial charge in [0.2, 0.25) is 0 Å². The quantitative estimate of drug-likeness (QED) is 0.490. The molecule has 0 atom stereocenters. The van der Waals surface area contributed by atoms with Gasteiger partial charge in [0.25, 0.3) is 5.91 Å². The molecule has 0 saturated heterocycles. The smallest absolute Gasteiger partial charge is 0.365 e. The number of carbonyl (C=O) groups excluding carboxylic acids is 1. The molecule has 1 aliphatic rings. The molecule has 0 fully saturated rings. The van der Waals surface area contributed by atoms with Crippen molar-refractivity contribution < 1.29 is 18.0 Å². The average molecular weight is 412 g/mol. The predicted octanol–water partition coefficient (Wildman–Crippen LogP) is 5.90. The van der Waals surface area contributed by atoms with Gasteiger partial charge in [-0.1, -0.05) is 55.1 Å². The maximum absolute atomic E-state index is 13.3. The molecule has 0 spiro atoms. The van der Waals surface area contributed by atoms with Crippen molar-refractivity contribution in [3.05, 3.63) is 95.6 Å². The maximum Gasteiger partial charge on any atom is 0.416 e. The minimum Gasteiger partial charge on any atom is -0.365 e. The van der Waals surface area contributed by atoms with Crippen LogP contribution in [0.25, 0.3) is 0 Å². The molecule has 0 unspecified atom stereocenters. The number of allylic oxidation sites excluding steroid dienone is 3. The lowest BCUT2D eigenvalue weighted by atomic mass is 9.99. The molecule has 0 aromatic heterocycles. The highest BCUT2D eigenvalue weighted by molar-refractivity contribution is 6.07. The number of hydrogen-bond acceptors (Lipinski definition) is 2. The highest BCUT2D eigenvalue weighted by atomic mass is 19.4. The van der Waals surface area contributed by atoms with Crippen molar-refractivity contribution >= 4 is 17.3 Å². The van der Waals surface area contributed by atoms with Crippen LogP contribution < -0.4 is 10.2 Å². The summed E-state index contributed by atoms with van der Waals surface area (Å²) in [5.41, 5.74) is 2.55. The zero-order valence-electron chi connectivity index (χ0n) is 16.7. The summed E-state index contributed by atoms with van der Waals surface area (Å²) in [4.78, 5) is 14.7. The van der Waals surface area contributed by atoms with Crippen LogP contribution in [0, 0.1) is 0 Å². The highest BCUT2D eigenvalue weighted by Gasteiger charge is 2.32. The first-order valence-corrected chi connectivity index (χ1v) is 9.63. The van der Waals surface area contributed by atoms with Gasteiger partial charge in [-0.05, 0) is 42.7 Å². The fourth-order valence-corrected chi connectivity index (χ4v) is 3.50. The van der Waals surface area contributed by atoms with E-state index in [0.717, 1.165) is 24.1 Å². The predicted molar refractivity (Wildman–Crippen MR) is 114 cm³/mol. The van der Waals surface area contributed by atoms with E-state index in [1.807, 2.05) is 23.1 Å². The summed E-state index contributed by atoms with van der Waals surface area (Å²) in [6, 6.07) is 11.5. The van der Waals surface area contributed by atoms with Gasteiger partial charge in [-0.3, -0.25) is 4.79 Å². The summed E-state index contributed by atoms with van der Waals surface area (Å²) in [5, 5.41) is 2.67. The molecule has 6 heteroatoms. The van der Waals surface area contributed by atoms with Gasteiger partial charge in [0.05, 0.1) is 16.9 Å². The number of benzene rings is 2. The fourth-order valence-electron chi connectivity index (χ4n) is 3.50. The number of carbonyl (C=O) groups is 1. The molecule has 1 heterocycles. The molecular formula is C24H23F3N2O. The first-order valence-electron chi connectivity index (χ1n) is 9.63. The summed E-state index contributed by atoms with van der Waals surface area (Å²) < 4.78 is 39.9. The molecule has 30 heavy (non-hydrogen) atoms. The molecule has 1 amide bonds. The van der Waals surface area contributed by atoms with Crippen LogP contribution in [0.4, 0.5) is 24.5 Å². The molecule has 1 aliphatic heterocycles. The van der Waals surface area contributed by atoms with E-state index < -0.39 is 17.6 Å². The molecule has 156 valence electrons. The maximum atomic E-state index is 13.3. The molecule has 0 radical (unpaired) electrons. The summed E-state index contributed by atoms with van der Waals surface area (Å²) in [7, 11) is 0. The van der Waals surface area contributed by atoms with Crippen LogP contribution in [0.1, 0.15) is 23.6 Å². The van der Waals surface area contributed by atoms with Gasteiger partial charge >= 0.3 is 6.18 Å². The molecule has 3 rings (SSSR count). The van der Waals surface area contributed by atoms with E-state index >= 15 is 0 Å². The molecule has 0 bridgehead atoms. The average Bonchev–Trinajstić information content (AvgIpc) is 2.72. The Morgan fingerprint density at radius 3 is 2.57 bits per heavy atom. The molecule has 0 saturated carbocycles. The lowest BCUT2D eigenvalue weighted by molar-refractivity contribution is -0.137. The van der Waals surface area contributed by atoms with Crippen LogP contribution in [-0.4, -0.2) is 12.5 Å². The van der Waals surface area contributed by atoms with E-state index in [9.17, 15) is 18.0 Å². The number of anilines is 2. The summed E-state index contributed by atoms with van der Waals surface area (Å²) in [6.45, 7) is 6.55. The Hall–Kier alpha value is -3.28. The zero-order valence-corrected chi connectivity index (χ0v) is 16.7. The monoisotopic (exact) mass is 412 g/mol. The first kappa shape index (κ1) is 21.4. The summed E-state index contributed by atoms with van der Waals surface area (Å²) >= 11 is 0. The number of nitrogens with zero attached hydrogens (tertiary/aromatic N) is 1. The minimum atomic E-state index is -4.50. The number of fused-ring (bicyclic) bond motifs is 1. The molecule has 1 N–H and O–H groups in total. The van der Waals surface area contributed by atoms with Crippen molar-refractivity contribution in [2.45, 2.75) is 26.1 Å². The number of amides is 1. The second-order valence-corrected chi connectivity index (χ2v) is 6.98. The van der Waals surface area contributed by atoms with E-state index in [0.29, 0.717) is 24.4 Å². The van der Waals surface area contributed by atoms with Crippen LogP contribution in [0.15, 0.2) is 78.9 Å². The molecule has 0 aliphatic carbocycles. The van der Waals surface area contributed by atoms with Crippen molar-refractivity contribution in [2.24, 2.45) is 0 Å². The zero-order chi connectivity index (χ0) is 21.7. The third-order valence-electron chi connectivity index (χ3n) is 4.95. The van der Waals surface area contributed by atoms with Crippen molar-refractivity contribution in [1.29, 1.82) is 0 Å². The Morgan fingerprint density at radius 1 is 1.17 bits per heavy atom. The van der Waals surface area contributed by atoms with E-state index in [-0.39, 0.29) is 5.69 Å². The second kappa shape index (κ2) is 9.03. The lowest BCUT2D eigenvalue weighted by Gasteiger charge is -2.32. The Morgan fingerprint density at radius 2 is 1.90 bits per heavy atom. The van der Waals surface area contributed by atoms with Crippen molar-refractivity contribution in [1.82, 2.24) is 0 Å². The van der Waals surface area contributed by atoms with E-state index in [1.165, 1.54) is 23.8 Å². The standard InChI is InChI=1S/C24H23F3N2O/c1-3-7-18(8-4-2)23(30)28-21-15-20(24(25,26)27)11-12-22(21)29-14-13-17-9-5-6-10-19(17)16-29/h3-12,15H,1,13-14,16H2,2H3,(H,28,30)/b8-4-,18-7+. The molecule has 2 aromatic carbocycles. The number of rotatable bonds is 5. The van der Waals surface area contributed by atoms with Crippen LogP contribution in [0.5, 0.6) is 0 Å². The van der Waals surface area contributed by atoms with Gasteiger partial charge in [-0.2, -0.15) is 13.2 Å². The number of alkyl halides is 3. The van der Waals surface area contributed by atoms with Gasteiger partial charge in [-0.25, -0.2) is 0 Å². The van der Waals surface area contributed by atoms with Crippen molar-refractivity contribution in [3.8, 4) is 0 Å². The minimum absolute atomic E-state index is 0.133. The first-order chi connectivity index (χ1) is 14.3. The van der Waals surface area contributed by atoms with Crippen molar-refractivity contribution in [2.75, 3.05) is 16.8 Å². The van der Waals surface area contributed by atoms with Crippen LogP contribution in [0.3, 0.4) is 0 Å². The summed E-state index contributed by atoms with van der Waals surface area (Å²) in [5.74, 6) is -0.494. The van der Waals surface area contributed by atoms with Gasteiger partial charge in [0.15, 0.2) is 0 Å². The topological polar surface area (TPSA) is 32.3 Å². The normalized spacial score (nSPS) is 14.5. The molecule has 3 nitrogen and oxygen atoms in total. The largest absolute Gasteiger partial charge is 0.416 e.